The molecule has 3 heteroatoms. The fourth-order valence-corrected chi connectivity index (χ4v) is 2.84. The number of hydrogen-bond donors (Lipinski definition) is 1. The van der Waals surface area contributed by atoms with E-state index in [1.54, 1.807) is 0 Å². The van der Waals surface area contributed by atoms with Crippen LogP contribution in [0, 0.1) is 23.2 Å². The van der Waals surface area contributed by atoms with Gasteiger partial charge in [-0.25, -0.2) is 0 Å². The lowest BCUT2D eigenvalue weighted by Crippen LogP contribution is -2.29. The predicted molar refractivity (Wildman–Crippen MR) is 53.5 cm³/mol. The second kappa shape index (κ2) is 3.88. The molecule has 1 aliphatic heterocycles. The van der Waals surface area contributed by atoms with E-state index in [0.717, 1.165) is 38.3 Å². The zero-order valence-electron chi connectivity index (χ0n) is 8.69. The first kappa shape index (κ1) is 9.95. The molecule has 0 aromatic heterocycles. The van der Waals surface area contributed by atoms with Crippen LogP contribution in [0.3, 0.4) is 0 Å². The van der Waals surface area contributed by atoms with Gasteiger partial charge in [0.25, 0.3) is 0 Å². The summed E-state index contributed by atoms with van der Waals surface area (Å²) in [5.74, 6) is 1.36. The molecule has 3 nitrogen and oxygen atoms in total. The van der Waals surface area contributed by atoms with E-state index in [4.69, 9.17) is 5.26 Å². The lowest BCUT2D eigenvalue weighted by molar-refractivity contribution is 0.0865. The molecule has 1 N–H and O–H groups in total. The highest BCUT2D eigenvalue weighted by Crippen LogP contribution is 2.36. The molecular formula is C11H18N2O. The molecule has 78 valence electrons. The van der Waals surface area contributed by atoms with Crippen molar-refractivity contribution in [2.75, 3.05) is 13.1 Å². The Bertz CT molecular complexity index is 248. The summed E-state index contributed by atoms with van der Waals surface area (Å²) < 4.78 is 0. The second-order valence-corrected chi connectivity index (χ2v) is 4.75. The number of hydrogen-bond acceptors (Lipinski definition) is 3. The number of aliphatic hydroxyl groups excluding tert-OH is 1. The van der Waals surface area contributed by atoms with Crippen LogP contribution in [-0.4, -0.2) is 35.2 Å². The van der Waals surface area contributed by atoms with E-state index < -0.39 is 0 Å². The molecule has 0 bridgehead atoms. The smallest absolute Gasteiger partial charge is 0.0949 e. The Balaban J connectivity index is 1.96. The van der Waals surface area contributed by atoms with Crippen molar-refractivity contribution in [1.82, 2.24) is 4.90 Å². The summed E-state index contributed by atoms with van der Waals surface area (Å²) in [7, 11) is 0. The van der Waals surface area contributed by atoms with Crippen LogP contribution in [0.5, 0.6) is 0 Å². The summed E-state index contributed by atoms with van der Waals surface area (Å²) in [5.41, 5.74) is 0. The molecule has 2 aliphatic rings. The third-order valence-corrected chi connectivity index (χ3v) is 3.78. The van der Waals surface area contributed by atoms with Gasteiger partial charge in [0, 0.05) is 13.1 Å². The first-order chi connectivity index (χ1) is 6.70. The molecule has 4 unspecified atom stereocenters. The van der Waals surface area contributed by atoms with Crippen molar-refractivity contribution in [3.05, 3.63) is 0 Å². The normalized spacial score (nSPS) is 40.2. The van der Waals surface area contributed by atoms with Crippen molar-refractivity contribution in [3.8, 4) is 6.07 Å². The third-order valence-electron chi connectivity index (χ3n) is 3.78. The summed E-state index contributed by atoms with van der Waals surface area (Å²) in [5, 5.41) is 18.4. The first-order valence-corrected chi connectivity index (χ1v) is 5.52. The molecule has 0 amide bonds. The average molecular weight is 194 g/mol. The lowest BCUT2D eigenvalue weighted by atomic mass is 9.80. The number of likely N-dealkylation sites (tertiary alicyclic amines) is 1. The Morgan fingerprint density at radius 1 is 1.36 bits per heavy atom. The van der Waals surface area contributed by atoms with E-state index in [9.17, 15) is 5.11 Å². The van der Waals surface area contributed by atoms with E-state index >= 15 is 0 Å². The molecule has 1 saturated heterocycles. The van der Waals surface area contributed by atoms with Crippen LogP contribution in [0.4, 0.5) is 0 Å². The van der Waals surface area contributed by atoms with Gasteiger partial charge < -0.3 is 5.11 Å². The fourth-order valence-electron chi connectivity index (χ4n) is 2.84. The van der Waals surface area contributed by atoms with Gasteiger partial charge in [-0.3, -0.25) is 4.90 Å². The minimum absolute atomic E-state index is 0.0396. The zero-order chi connectivity index (χ0) is 10.1. The highest BCUT2D eigenvalue weighted by molar-refractivity contribution is 4.96. The lowest BCUT2D eigenvalue weighted by Gasteiger charge is -2.27. The van der Waals surface area contributed by atoms with E-state index in [-0.39, 0.29) is 12.1 Å². The van der Waals surface area contributed by atoms with Gasteiger partial charge >= 0.3 is 0 Å². The second-order valence-electron chi connectivity index (χ2n) is 4.75. The number of fused-ring (bicyclic) bond motifs is 1. The van der Waals surface area contributed by atoms with Crippen molar-refractivity contribution >= 4 is 0 Å². The van der Waals surface area contributed by atoms with Crippen molar-refractivity contribution in [2.24, 2.45) is 11.8 Å². The van der Waals surface area contributed by atoms with Gasteiger partial charge in [0.1, 0.15) is 0 Å². The standard InChI is InChI=1S/C11H18N2O/c1-8(5-12)13-6-9-2-3-11(14)4-10(9)7-13/h8-11,14H,2-4,6-7H2,1H3. The van der Waals surface area contributed by atoms with Crippen LogP contribution in [0.25, 0.3) is 0 Å². The van der Waals surface area contributed by atoms with Gasteiger partial charge in [0.05, 0.1) is 18.2 Å². The third kappa shape index (κ3) is 1.77. The Morgan fingerprint density at radius 2 is 2.07 bits per heavy atom. The van der Waals surface area contributed by atoms with Gasteiger partial charge in [-0.05, 0) is 38.0 Å². The average Bonchev–Trinajstić information content (AvgIpc) is 2.59. The molecule has 4 atom stereocenters. The Morgan fingerprint density at radius 3 is 2.79 bits per heavy atom. The highest BCUT2D eigenvalue weighted by atomic mass is 16.3. The number of nitrogens with zero attached hydrogens (tertiary/aromatic N) is 2. The van der Waals surface area contributed by atoms with Gasteiger partial charge in [-0.15, -0.1) is 0 Å². The zero-order valence-corrected chi connectivity index (χ0v) is 8.69. The van der Waals surface area contributed by atoms with Crippen LogP contribution in [0.2, 0.25) is 0 Å². The van der Waals surface area contributed by atoms with Gasteiger partial charge in [0.15, 0.2) is 0 Å². The molecule has 1 aliphatic carbocycles. The Labute approximate surface area is 85.3 Å². The topological polar surface area (TPSA) is 47.3 Å². The first-order valence-electron chi connectivity index (χ1n) is 5.52. The molecular weight excluding hydrogens is 176 g/mol. The molecule has 1 heterocycles. The molecule has 0 aromatic carbocycles. The van der Waals surface area contributed by atoms with Gasteiger partial charge in [-0.2, -0.15) is 5.26 Å². The molecule has 2 rings (SSSR count). The monoisotopic (exact) mass is 194 g/mol. The summed E-state index contributed by atoms with van der Waals surface area (Å²) in [6, 6.07) is 2.33. The SMILES string of the molecule is CC(C#N)N1CC2CCC(O)CC2C1. The predicted octanol–water partition coefficient (Wildman–Crippen LogP) is 0.991. The van der Waals surface area contributed by atoms with Crippen molar-refractivity contribution < 1.29 is 5.11 Å². The van der Waals surface area contributed by atoms with Crippen LogP contribution in [0.1, 0.15) is 26.2 Å². The quantitative estimate of drug-likeness (QED) is 0.677. The van der Waals surface area contributed by atoms with Crippen LogP contribution in [0.15, 0.2) is 0 Å². The van der Waals surface area contributed by atoms with E-state index in [0.29, 0.717) is 5.92 Å². The molecule has 1 saturated carbocycles. The van der Waals surface area contributed by atoms with Gasteiger partial charge in [-0.1, -0.05) is 0 Å². The molecule has 14 heavy (non-hydrogen) atoms. The minimum Gasteiger partial charge on any atom is -0.393 e. The summed E-state index contributed by atoms with van der Waals surface area (Å²) in [6.45, 7) is 4.04. The highest BCUT2D eigenvalue weighted by Gasteiger charge is 2.38. The van der Waals surface area contributed by atoms with Crippen molar-refractivity contribution in [1.29, 1.82) is 5.26 Å². The number of nitriles is 1. The van der Waals surface area contributed by atoms with Gasteiger partial charge in [0.2, 0.25) is 0 Å². The van der Waals surface area contributed by atoms with Crippen LogP contribution < -0.4 is 0 Å². The van der Waals surface area contributed by atoms with Crippen LogP contribution >= 0.6 is 0 Å². The van der Waals surface area contributed by atoms with E-state index in [1.165, 1.54) is 0 Å². The van der Waals surface area contributed by atoms with E-state index in [2.05, 4.69) is 11.0 Å². The number of rotatable bonds is 1. The molecule has 2 fully saturated rings. The summed E-state index contributed by atoms with van der Waals surface area (Å²) in [6.07, 6.45) is 2.95. The molecule has 0 spiro atoms. The number of aliphatic hydroxyl groups is 1. The van der Waals surface area contributed by atoms with Crippen molar-refractivity contribution in [2.45, 2.75) is 38.3 Å². The summed E-state index contributed by atoms with van der Waals surface area (Å²) >= 11 is 0. The molecule has 0 aromatic rings. The fraction of sp³-hybridized carbons (Fsp3) is 0.909. The van der Waals surface area contributed by atoms with E-state index in [1.807, 2.05) is 6.92 Å². The maximum Gasteiger partial charge on any atom is 0.0949 e. The minimum atomic E-state index is -0.0893. The Hall–Kier alpha value is -0.590. The van der Waals surface area contributed by atoms with Crippen molar-refractivity contribution in [3.63, 3.8) is 0 Å². The van der Waals surface area contributed by atoms with Crippen LogP contribution in [-0.2, 0) is 0 Å². The largest absolute Gasteiger partial charge is 0.393 e. The maximum absolute atomic E-state index is 9.55. The summed E-state index contributed by atoms with van der Waals surface area (Å²) in [4.78, 5) is 2.26. The molecule has 0 radical (unpaired) electrons. The maximum atomic E-state index is 9.55. The Kier molecular flexibility index (Phi) is 2.76.